The summed E-state index contributed by atoms with van der Waals surface area (Å²) in [6, 6.07) is 5.30. The highest BCUT2D eigenvalue weighted by molar-refractivity contribution is 5.41. The Morgan fingerprint density at radius 1 is 1.21 bits per heavy atom. The van der Waals surface area contributed by atoms with E-state index in [1.165, 1.54) is 0 Å². The van der Waals surface area contributed by atoms with Gasteiger partial charge in [-0.15, -0.1) is 0 Å². The van der Waals surface area contributed by atoms with Crippen LogP contribution in [0.2, 0.25) is 0 Å². The van der Waals surface area contributed by atoms with E-state index in [0.717, 1.165) is 0 Å². The van der Waals surface area contributed by atoms with Crippen molar-refractivity contribution < 1.29 is 19.4 Å². The molecule has 108 valence electrons. The molecular weight excluding hydrogens is 246 g/mol. The lowest BCUT2D eigenvalue weighted by molar-refractivity contribution is -0.0836. The van der Waals surface area contributed by atoms with E-state index < -0.39 is 6.10 Å². The highest BCUT2D eigenvalue weighted by Crippen LogP contribution is 2.29. The van der Waals surface area contributed by atoms with E-state index in [4.69, 9.17) is 14.3 Å². The molecule has 19 heavy (non-hydrogen) atoms. The summed E-state index contributed by atoms with van der Waals surface area (Å²) in [6.45, 7) is 6.05. The van der Waals surface area contributed by atoms with Crippen molar-refractivity contribution in [2.45, 2.75) is 32.5 Å². The van der Waals surface area contributed by atoms with Crippen LogP contribution in [-0.2, 0) is 4.84 Å². The monoisotopic (exact) mass is 269 g/mol. The van der Waals surface area contributed by atoms with E-state index in [1.54, 1.807) is 32.4 Å². The van der Waals surface area contributed by atoms with Gasteiger partial charge in [0.2, 0.25) is 0 Å². The molecular formula is C14H23NO4. The standard InChI is InChI=1S/C14H23NO4/c1-14(2,3)19-15-9-12(16)11-8-10(17-4)6-7-13(11)18-5/h6-8,12,15-16H,9H2,1-5H3. The van der Waals surface area contributed by atoms with Crippen molar-refractivity contribution in [2.75, 3.05) is 20.8 Å². The molecule has 0 saturated heterocycles. The van der Waals surface area contributed by atoms with Gasteiger partial charge in [-0.3, -0.25) is 4.84 Å². The average Bonchev–Trinajstić information content (AvgIpc) is 2.36. The molecule has 1 rings (SSSR count). The number of nitrogens with one attached hydrogen (secondary N) is 1. The number of hydrogen-bond acceptors (Lipinski definition) is 5. The quantitative estimate of drug-likeness (QED) is 0.774. The molecule has 0 aliphatic rings. The van der Waals surface area contributed by atoms with Gasteiger partial charge in [0.15, 0.2) is 0 Å². The van der Waals surface area contributed by atoms with Gasteiger partial charge in [-0.2, -0.15) is 5.48 Å². The molecule has 5 heteroatoms. The van der Waals surface area contributed by atoms with E-state index >= 15 is 0 Å². The maximum atomic E-state index is 10.2. The molecule has 1 atom stereocenters. The predicted molar refractivity (Wildman–Crippen MR) is 73.3 cm³/mol. The second kappa shape index (κ2) is 6.75. The summed E-state index contributed by atoms with van der Waals surface area (Å²) in [5, 5.41) is 10.2. The van der Waals surface area contributed by atoms with Crippen molar-refractivity contribution in [3.63, 3.8) is 0 Å². The number of methoxy groups -OCH3 is 2. The smallest absolute Gasteiger partial charge is 0.124 e. The molecule has 1 aromatic rings. The minimum Gasteiger partial charge on any atom is -0.497 e. The lowest BCUT2D eigenvalue weighted by atomic mass is 10.1. The molecule has 0 saturated carbocycles. The molecule has 2 N–H and O–H groups in total. The number of aliphatic hydroxyl groups excluding tert-OH is 1. The van der Waals surface area contributed by atoms with Crippen LogP contribution in [0.25, 0.3) is 0 Å². The Balaban J connectivity index is 2.72. The van der Waals surface area contributed by atoms with Gasteiger partial charge in [-0.1, -0.05) is 0 Å². The minimum atomic E-state index is -0.743. The Labute approximate surface area is 114 Å². The van der Waals surface area contributed by atoms with E-state index in [2.05, 4.69) is 5.48 Å². The Kier molecular flexibility index (Phi) is 5.60. The topological polar surface area (TPSA) is 60.0 Å². The van der Waals surface area contributed by atoms with Crippen LogP contribution in [0.1, 0.15) is 32.4 Å². The highest BCUT2D eigenvalue weighted by atomic mass is 16.7. The van der Waals surface area contributed by atoms with Crippen molar-refractivity contribution in [3.05, 3.63) is 23.8 Å². The van der Waals surface area contributed by atoms with Crippen LogP contribution in [0.15, 0.2) is 18.2 Å². The van der Waals surface area contributed by atoms with Crippen molar-refractivity contribution in [1.82, 2.24) is 5.48 Å². The molecule has 1 unspecified atom stereocenters. The van der Waals surface area contributed by atoms with Crippen molar-refractivity contribution in [3.8, 4) is 11.5 Å². The van der Waals surface area contributed by atoms with E-state index in [9.17, 15) is 5.11 Å². The van der Waals surface area contributed by atoms with Crippen LogP contribution in [0.3, 0.4) is 0 Å². The van der Waals surface area contributed by atoms with Gasteiger partial charge in [0.05, 0.1) is 32.5 Å². The SMILES string of the molecule is COc1ccc(OC)c(C(O)CNOC(C)(C)C)c1. The Bertz CT molecular complexity index is 401. The number of rotatable bonds is 6. The van der Waals surface area contributed by atoms with Crippen molar-refractivity contribution in [1.29, 1.82) is 0 Å². The average molecular weight is 269 g/mol. The largest absolute Gasteiger partial charge is 0.497 e. The first kappa shape index (κ1) is 15.8. The van der Waals surface area contributed by atoms with Crippen LogP contribution in [-0.4, -0.2) is 31.5 Å². The molecule has 0 fully saturated rings. The first-order valence-corrected chi connectivity index (χ1v) is 6.18. The number of ether oxygens (including phenoxy) is 2. The fourth-order valence-electron chi connectivity index (χ4n) is 1.55. The molecule has 0 aliphatic heterocycles. The summed E-state index contributed by atoms with van der Waals surface area (Å²) >= 11 is 0. The molecule has 0 bridgehead atoms. The van der Waals surface area contributed by atoms with E-state index in [0.29, 0.717) is 17.1 Å². The molecule has 0 radical (unpaired) electrons. The zero-order valence-corrected chi connectivity index (χ0v) is 12.2. The van der Waals surface area contributed by atoms with Gasteiger partial charge in [0, 0.05) is 5.56 Å². The molecule has 0 heterocycles. The van der Waals surface area contributed by atoms with Crippen molar-refractivity contribution >= 4 is 0 Å². The van der Waals surface area contributed by atoms with Crippen LogP contribution in [0, 0.1) is 0 Å². The lowest BCUT2D eigenvalue weighted by Crippen LogP contribution is -2.32. The Morgan fingerprint density at radius 3 is 2.42 bits per heavy atom. The third-order valence-electron chi connectivity index (χ3n) is 2.45. The maximum Gasteiger partial charge on any atom is 0.124 e. The molecule has 0 spiro atoms. The summed E-state index contributed by atoms with van der Waals surface area (Å²) in [5.41, 5.74) is 3.12. The van der Waals surface area contributed by atoms with Gasteiger partial charge < -0.3 is 14.6 Å². The zero-order chi connectivity index (χ0) is 14.5. The summed E-state index contributed by atoms with van der Waals surface area (Å²) in [6.07, 6.45) is -0.743. The fraction of sp³-hybridized carbons (Fsp3) is 0.571. The lowest BCUT2D eigenvalue weighted by Gasteiger charge is -2.22. The van der Waals surface area contributed by atoms with Crippen LogP contribution in [0.5, 0.6) is 11.5 Å². The Hall–Kier alpha value is -1.30. The second-order valence-corrected chi connectivity index (χ2v) is 5.19. The van der Waals surface area contributed by atoms with Gasteiger partial charge in [0.1, 0.15) is 11.5 Å². The minimum absolute atomic E-state index is 0.265. The third kappa shape index (κ3) is 5.06. The van der Waals surface area contributed by atoms with Crippen molar-refractivity contribution in [2.24, 2.45) is 0 Å². The molecule has 5 nitrogen and oxygen atoms in total. The maximum absolute atomic E-state index is 10.2. The third-order valence-corrected chi connectivity index (χ3v) is 2.45. The summed E-state index contributed by atoms with van der Waals surface area (Å²) in [4.78, 5) is 5.37. The first-order chi connectivity index (χ1) is 8.87. The van der Waals surface area contributed by atoms with Crippen LogP contribution in [0.4, 0.5) is 0 Å². The number of benzene rings is 1. The normalized spacial score (nSPS) is 13.2. The summed E-state index contributed by atoms with van der Waals surface area (Å²) < 4.78 is 10.4. The summed E-state index contributed by atoms with van der Waals surface area (Å²) in [7, 11) is 3.15. The summed E-state index contributed by atoms with van der Waals surface area (Å²) in [5.74, 6) is 1.29. The van der Waals surface area contributed by atoms with E-state index in [1.807, 2.05) is 20.8 Å². The molecule has 0 aliphatic carbocycles. The van der Waals surface area contributed by atoms with Gasteiger partial charge in [-0.25, -0.2) is 0 Å². The second-order valence-electron chi connectivity index (χ2n) is 5.19. The number of hydroxylamine groups is 1. The van der Waals surface area contributed by atoms with Gasteiger partial charge >= 0.3 is 0 Å². The molecule has 1 aromatic carbocycles. The number of aliphatic hydroxyl groups is 1. The Morgan fingerprint density at radius 2 is 1.89 bits per heavy atom. The predicted octanol–water partition coefficient (Wildman–Crippen LogP) is 2.06. The van der Waals surface area contributed by atoms with Crippen LogP contribution >= 0.6 is 0 Å². The number of hydrogen-bond donors (Lipinski definition) is 2. The zero-order valence-electron chi connectivity index (χ0n) is 12.2. The van der Waals surface area contributed by atoms with Crippen LogP contribution < -0.4 is 15.0 Å². The molecule has 0 amide bonds. The molecule has 0 aromatic heterocycles. The first-order valence-electron chi connectivity index (χ1n) is 6.18. The highest BCUT2D eigenvalue weighted by Gasteiger charge is 2.16. The fourth-order valence-corrected chi connectivity index (χ4v) is 1.55. The van der Waals surface area contributed by atoms with E-state index in [-0.39, 0.29) is 12.1 Å². The van der Waals surface area contributed by atoms with Gasteiger partial charge in [0.25, 0.3) is 0 Å². The van der Waals surface area contributed by atoms with Gasteiger partial charge in [-0.05, 0) is 39.0 Å².